The van der Waals surface area contributed by atoms with Gasteiger partial charge >= 0.3 is 5.97 Å². The Morgan fingerprint density at radius 2 is 2.09 bits per heavy atom. The lowest BCUT2D eigenvalue weighted by molar-refractivity contribution is -0.143. The van der Waals surface area contributed by atoms with Crippen molar-refractivity contribution in [2.24, 2.45) is 5.73 Å². The van der Waals surface area contributed by atoms with Crippen LogP contribution < -0.4 is 16.4 Å². The number of ether oxygens (including phenoxy) is 1. The second-order valence-corrected chi connectivity index (χ2v) is 8.37. The van der Waals surface area contributed by atoms with Gasteiger partial charge in [-0.2, -0.15) is 10.5 Å². The summed E-state index contributed by atoms with van der Waals surface area (Å²) in [5.74, 6) is -0.110. The number of nitrogens with zero attached hydrogens (tertiary/aromatic N) is 4. The van der Waals surface area contributed by atoms with Crippen LogP contribution in [-0.2, 0) is 14.9 Å². The van der Waals surface area contributed by atoms with Crippen LogP contribution in [0.25, 0.3) is 11.3 Å². The normalized spacial score (nSPS) is 16.0. The van der Waals surface area contributed by atoms with E-state index >= 15 is 0 Å². The van der Waals surface area contributed by atoms with Crippen molar-refractivity contribution >= 4 is 23.3 Å². The van der Waals surface area contributed by atoms with Gasteiger partial charge in [0.15, 0.2) is 0 Å². The highest BCUT2D eigenvalue weighted by molar-refractivity contribution is 5.77. The Hall–Kier alpha value is -4.47. The zero-order valence-electron chi connectivity index (χ0n) is 18.8. The standard InChI is InChI=1S/C25H23N7O2/c1-15-3-4-16(10-26)7-21(15)32-24-29-6-5-20(31-24)17-8-18(11-27)23-19(9-17)25(2,13-30-23)14-34-22(33)12-28/h3-9,30H,12-14,28H2,1-2H3,(H,29,31,32)/t25-/m1/s1. The van der Waals surface area contributed by atoms with Crippen LogP contribution >= 0.6 is 0 Å². The van der Waals surface area contributed by atoms with E-state index < -0.39 is 11.4 Å². The van der Waals surface area contributed by atoms with Crippen molar-refractivity contribution in [3.8, 4) is 23.4 Å². The van der Waals surface area contributed by atoms with Crippen LogP contribution in [0.3, 0.4) is 0 Å². The number of esters is 1. The number of carbonyl (C=O) groups is 1. The molecule has 0 fully saturated rings. The van der Waals surface area contributed by atoms with Crippen LogP contribution in [0.2, 0.25) is 0 Å². The highest BCUT2D eigenvalue weighted by Crippen LogP contribution is 2.41. The highest BCUT2D eigenvalue weighted by Gasteiger charge is 2.37. The van der Waals surface area contributed by atoms with Gasteiger partial charge in [0, 0.05) is 29.4 Å². The number of nitriles is 2. The summed E-state index contributed by atoms with van der Waals surface area (Å²) in [6.07, 6.45) is 1.63. The Balaban J connectivity index is 1.70. The zero-order chi connectivity index (χ0) is 24.3. The van der Waals surface area contributed by atoms with Crippen LogP contribution in [0.5, 0.6) is 0 Å². The van der Waals surface area contributed by atoms with E-state index in [2.05, 4.69) is 32.7 Å². The van der Waals surface area contributed by atoms with Crippen molar-refractivity contribution in [3.05, 3.63) is 64.8 Å². The molecule has 0 aliphatic carbocycles. The Bertz CT molecular complexity index is 1360. The van der Waals surface area contributed by atoms with E-state index in [0.717, 1.165) is 28.1 Å². The number of aromatic nitrogens is 2. The summed E-state index contributed by atoms with van der Waals surface area (Å²) in [7, 11) is 0. The fraction of sp³-hybridized carbons (Fsp3) is 0.240. The van der Waals surface area contributed by atoms with Gasteiger partial charge in [-0.1, -0.05) is 13.0 Å². The average molecular weight is 454 g/mol. The molecule has 0 saturated carbocycles. The van der Waals surface area contributed by atoms with Crippen molar-refractivity contribution in [2.45, 2.75) is 19.3 Å². The molecule has 4 N–H and O–H groups in total. The minimum Gasteiger partial charge on any atom is -0.464 e. The zero-order valence-corrected chi connectivity index (χ0v) is 18.8. The molecule has 1 atom stereocenters. The van der Waals surface area contributed by atoms with Crippen LogP contribution in [-0.4, -0.2) is 35.6 Å². The summed E-state index contributed by atoms with van der Waals surface area (Å²) < 4.78 is 5.32. The molecule has 9 heteroatoms. The van der Waals surface area contributed by atoms with Crippen molar-refractivity contribution in [2.75, 3.05) is 30.3 Å². The number of carbonyl (C=O) groups excluding carboxylic acids is 1. The molecule has 34 heavy (non-hydrogen) atoms. The van der Waals surface area contributed by atoms with Crippen LogP contribution in [0.4, 0.5) is 17.3 Å². The Morgan fingerprint density at radius 1 is 1.26 bits per heavy atom. The summed E-state index contributed by atoms with van der Waals surface area (Å²) in [5, 5.41) is 25.4. The first kappa shape index (κ1) is 22.7. The summed E-state index contributed by atoms with van der Waals surface area (Å²) in [5.41, 5.74) is 10.5. The molecule has 2 heterocycles. The molecule has 2 aromatic carbocycles. The Kier molecular flexibility index (Phi) is 6.13. The number of hydrogen-bond acceptors (Lipinski definition) is 9. The number of hydrogen-bond donors (Lipinski definition) is 3. The van der Waals surface area contributed by atoms with E-state index in [4.69, 9.17) is 10.5 Å². The van der Waals surface area contributed by atoms with Gasteiger partial charge in [-0.25, -0.2) is 9.97 Å². The number of aryl methyl sites for hydroxylation is 1. The molecule has 1 aliphatic rings. The summed E-state index contributed by atoms with van der Waals surface area (Å²) >= 11 is 0. The molecule has 0 bridgehead atoms. The van der Waals surface area contributed by atoms with Gasteiger partial charge < -0.3 is 21.1 Å². The summed E-state index contributed by atoms with van der Waals surface area (Å²) in [6.45, 7) is 4.37. The summed E-state index contributed by atoms with van der Waals surface area (Å²) in [6, 6.07) is 15.2. The van der Waals surface area contributed by atoms with Crippen molar-refractivity contribution in [3.63, 3.8) is 0 Å². The molecule has 1 aromatic heterocycles. The van der Waals surface area contributed by atoms with E-state index in [-0.39, 0.29) is 13.2 Å². The van der Waals surface area contributed by atoms with Gasteiger partial charge in [-0.3, -0.25) is 4.79 Å². The molecule has 0 amide bonds. The van der Waals surface area contributed by atoms with E-state index in [1.807, 2.05) is 26.0 Å². The van der Waals surface area contributed by atoms with E-state index in [1.165, 1.54) is 0 Å². The van der Waals surface area contributed by atoms with Gasteiger partial charge in [0.05, 0.1) is 35.1 Å². The molecular formula is C25H23N7O2. The predicted octanol–water partition coefficient (Wildman–Crippen LogP) is 3.12. The van der Waals surface area contributed by atoms with Crippen LogP contribution in [0.1, 0.15) is 29.2 Å². The monoisotopic (exact) mass is 453 g/mol. The minimum atomic E-state index is -0.523. The molecule has 3 aromatic rings. The predicted molar refractivity (Wildman–Crippen MR) is 127 cm³/mol. The second-order valence-electron chi connectivity index (χ2n) is 8.37. The Morgan fingerprint density at radius 3 is 2.82 bits per heavy atom. The van der Waals surface area contributed by atoms with Gasteiger partial charge in [-0.15, -0.1) is 0 Å². The number of benzene rings is 2. The molecule has 170 valence electrons. The minimum absolute atomic E-state index is 0.141. The van der Waals surface area contributed by atoms with Crippen molar-refractivity contribution in [1.82, 2.24) is 9.97 Å². The van der Waals surface area contributed by atoms with E-state index in [9.17, 15) is 15.3 Å². The Labute approximate surface area is 197 Å². The SMILES string of the molecule is Cc1ccc(C#N)cc1Nc1nccc(-c2cc(C#N)c3c(c2)[C@@](C)(COC(=O)CN)CN3)n1. The topological polar surface area (TPSA) is 150 Å². The number of fused-ring (bicyclic) bond motifs is 1. The first-order chi connectivity index (χ1) is 16.4. The highest BCUT2D eigenvalue weighted by atomic mass is 16.5. The van der Waals surface area contributed by atoms with E-state index in [0.29, 0.717) is 29.3 Å². The lowest BCUT2D eigenvalue weighted by Crippen LogP contribution is -2.33. The van der Waals surface area contributed by atoms with Gasteiger partial charge in [0.25, 0.3) is 0 Å². The molecule has 0 saturated heterocycles. The second kappa shape index (κ2) is 9.18. The van der Waals surface area contributed by atoms with E-state index in [1.54, 1.807) is 30.5 Å². The molecule has 0 unspecified atom stereocenters. The third kappa shape index (κ3) is 4.38. The fourth-order valence-corrected chi connectivity index (χ4v) is 3.88. The largest absolute Gasteiger partial charge is 0.464 e. The van der Waals surface area contributed by atoms with Gasteiger partial charge in [-0.05, 0) is 48.4 Å². The average Bonchev–Trinajstić information content (AvgIpc) is 3.20. The lowest BCUT2D eigenvalue weighted by atomic mass is 9.83. The molecule has 4 rings (SSSR count). The third-order valence-corrected chi connectivity index (χ3v) is 5.85. The molecule has 0 radical (unpaired) electrons. The summed E-state index contributed by atoms with van der Waals surface area (Å²) in [4.78, 5) is 20.6. The quantitative estimate of drug-likeness (QED) is 0.478. The number of anilines is 3. The molecule has 1 aliphatic heterocycles. The van der Waals surface area contributed by atoms with Crippen molar-refractivity contribution in [1.29, 1.82) is 10.5 Å². The van der Waals surface area contributed by atoms with Crippen LogP contribution in [0.15, 0.2) is 42.6 Å². The van der Waals surface area contributed by atoms with Gasteiger partial charge in [0.1, 0.15) is 12.7 Å². The maximum atomic E-state index is 11.6. The molecule has 0 spiro atoms. The lowest BCUT2D eigenvalue weighted by Gasteiger charge is -2.24. The van der Waals surface area contributed by atoms with Gasteiger partial charge in [0.2, 0.25) is 5.95 Å². The number of nitrogens with two attached hydrogens (primary N) is 1. The maximum absolute atomic E-state index is 11.6. The molecule has 9 nitrogen and oxygen atoms in total. The fourth-order valence-electron chi connectivity index (χ4n) is 3.88. The first-order valence-corrected chi connectivity index (χ1v) is 10.7. The first-order valence-electron chi connectivity index (χ1n) is 10.7. The smallest absolute Gasteiger partial charge is 0.319 e. The molecular weight excluding hydrogens is 430 g/mol. The number of rotatable bonds is 6. The third-order valence-electron chi connectivity index (χ3n) is 5.85. The van der Waals surface area contributed by atoms with Crippen LogP contribution in [0, 0.1) is 29.6 Å². The van der Waals surface area contributed by atoms with Crippen molar-refractivity contribution < 1.29 is 9.53 Å². The number of nitrogens with one attached hydrogen (secondary N) is 2. The maximum Gasteiger partial charge on any atom is 0.319 e.